The van der Waals surface area contributed by atoms with Gasteiger partial charge in [0.25, 0.3) is 5.91 Å². The standard InChI is InChI=1S/C22H28ClN7O4S/c1-3-24-18(31)7-5-14(11-26-19(32)20(33)29-17-6-4-13(23)10-25-17)27-21(34)22-28-15-8-9-30(2)12-16(15)35-22/h4,6,10,14H,3,5,7-9,11-12H2,1-2H3,(H,24,31)(H,26,32)(H,27,34)(H,25,29,33). The van der Waals surface area contributed by atoms with Crippen LogP contribution in [0.25, 0.3) is 0 Å². The number of fused-ring (bicyclic) bond motifs is 1. The second-order valence-corrected chi connectivity index (χ2v) is 9.59. The first-order valence-electron chi connectivity index (χ1n) is 11.2. The summed E-state index contributed by atoms with van der Waals surface area (Å²) in [5.74, 6) is -2.18. The zero-order valence-electron chi connectivity index (χ0n) is 19.5. The van der Waals surface area contributed by atoms with Crippen molar-refractivity contribution in [1.82, 2.24) is 30.8 Å². The Kier molecular flexibility index (Phi) is 9.52. The van der Waals surface area contributed by atoms with Gasteiger partial charge < -0.3 is 26.2 Å². The summed E-state index contributed by atoms with van der Waals surface area (Å²) in [5, 5.41) is 11.2. The Bertz CT molecular complexity index is 1080. The van der Waals surface area contributed by atoms with Crippen molar-refractivity contribution in [3.63, 3.8) is 0 Å². The van der Waals surface area contributed by atoms with E-state index in [-0.39, 0.29) is 37.0 Å². The Labute approximate surface area is 212 Å². The molecule has 0 saturated heterocycles. The van der Waals surface area contributed by atoms with Crippen molar-refractivity contribution in [3.05, 3.63) is 38.9 Å². The minimum Gasteiger partial charge on any atom is -0.356 e. The van der Waals surface area contributed by atoms with Crippen molar-refractivity contribution in [2.75, 3.05) is 32.0 Å². The highest BCUT2D eigenvalue weighted by Crippen LogP contribution is 2.24. The minimum atomic E-state index is -0.912. The SMILES string of the molecule is CCNC(=O)CCC(CNC(=O)C(=O)Nc1ccc(Cl)cn1)NC(=O)c1nc2c(s1)CN(C)CC2. The average Bonchev–Trinajstić information content (AvgIpc) is 3.25. The molecule has 2 aromatic heterocycles. The number of thiazole rings is 1. The third-order valence-electron chi connectivity index (χ3n) is 5.23. The quantitative estimate of drug-likeness (QED) is 0.359. The molecule has 3 heterocycles. The van der Waals surface area contributed by atoms with Crippen LogP contribution in [0.15, 0.2) is 18.3 Å². The minimum absolute atomic E-state index is 0.0424. The summed E-state index contributed by atoms with van der Waals surface area (Å²) in [4.78, 5) is 60.9. The Morgan fingerprint density at radius 1 is 1.20 bits per heavy atom. The predicted octanol–water partition coefficient (Wildman–Crippen LogP) is 0.949. The highest BCUT2D eigenvalue weighted by molar-refractivity contribution is 7.13. The molecular formula is C22H28ClN7O4S. The lowest BCUT2D eigenvalue weighted by Crippen LogP contribution is -2.46. The van der Waals surface area contributed by atoms with Crippen LogP contribution in [0.3, 0.4) is 0 Å². The van der Waals surface area contributed by atoms with E-state index < -0.39 is 17.9 Å². The molecule has 0 saturated carbocycles. The fourth-order valence-corrected chi connectivity index (χ4v) is 4.61. The number of nitrogens with one attached hydrogen (secondary N) is 4. The normalized spacial score (nSPS) is 13.9. The number of amides is 4. The van der Waals surface area contributed by atoms with Crippen LogP contribution in [0.5, 0.6) is 0 Å². The number of likely N-dealkylation sites (N-methyl/N-ethyl adjacent to an activating group) is 1. The Balaban J connectivity index is 1.59. The van der Waals surface area contributed by atoms with Gasteiger partial charge in [-0.1, -0.05) is 11.6 Å². The molecule has 1 atom stereocenters. The predicted molar refractivity (Wildman–Crippen MR) is 132 cm³/mol. The van der Waals surface area contributed by atoms with Gasteiger partial charge in [0.15, 0.2) is 5.01 Å². The molecule has 35 heavy (non-hydrogen) atoms. The van der Waals surface area contributed by atoms with E-state index in [4.69, 9.17) is 11.6 Å². The molecule has 4 amide bonds. The molecule has 13 heteroatoms. The van der Waals surface area contributed by atoms with Gasteiger partial charge in [-0.2, -0.15) is 0 Å². The van der Waals surface area contributed by atoms with E-state index in [1.54, 1.807) is 0 Å². The molecule has 2 aromatic rings. The van der Waals surface area contributed by atoms with Gasteiger partial charge in [-0.15, -0.1) is 11.3 Å². The van der Waals surface area contributed by atoms with Crippen LogP contribution in [0, 0.1) is 0 Å². The van der Waals surface area contributed by atoms with E-state index in [2.05, 4.69) is 36.1 Å². The Morgan fingerprint density at radius 2 is 2.00 bits per heavy atom. The first kappa shape index (κ1) is 26.5. The van der Waals surface area contributed by atoms with Gasteiger partial charge >= 0.3 is 11.8 Å². The van der Waals surface area contributed by atoms with Gasteiger partial charge in [-0.05, 0) is 32.5 Å². The molecule has 0 radical (unpaired) electrons. The summed E-state index contributed by atoms with van der Waals surface area (Å²) >= 11 is 7.11. The number of carbonyl (C=O) groups is 4. The van der Waals surface area contributed by atoms with Crippen LogP contribution in [-0.2, 0) is 27.3 Å². The van der Waals surface area contributed by atoms with Gasteiger partial charge in [0.05, 0.1) is 10.7 Å². The molecule has 0 aromatic carbocycles. The number of pyridine rings is 1. The van der Waals surface area contributed by atoms with E-state index in [0.29, 0.717) is 16.6 Å². The highest BCUT2D eigenvalue weighted by Gasteiger charge is 2.24. The molecule has 1 aliphatic rings. The number of hydrogen-bond acceptors (Lipinski definition) is 8. The molecule has 0 bridgehead atoms. The first-order chi connectivity index (χ1) is 16.7. The summed E-state index contributed by atoms with van der Waals surface area (Å²) in [6, 6.07) is 2.41. The summed E-state index contributed by atoms with van der Waals surface area (Å²) in [6.45, 7) is 3.89. The van der Waals surface area contributed by atoms with Crippen LogP contribution in [-0.4, -0.2) is 71.2 Å². The number of anilines is 1. The number of carbonyl (C=O) groups excluding carboxylic acids is 4. The van der Waals surface area contributed by atoms with Crippen LogP contribution in [0.4, 0.5) is 5.82 Å². The smallest absolute Gasteiger partial charge is 0.314 e. The molecule has 188 valence electrons. The maximum absolute atomic E-state index is 12.9. The monoisotopic (exact) mass is 521 g/mol. The lowest BCUT2D eigenvalue weighted by molar-refractivity contribution is -0.136. The summed E-state index contributed by atoms with van der Waals surface area (Å²) in [6.07, 6.45) is 2.54. The molecule has 3 rings (SSSR count). The number of nitrogens with zero attached hydrogens (tertiary/aromatic N) is 3. The van der Waals surface area contributed by atoms with Crippen LogP contribution in [0.2, 0.25) is 5.02 Å². The summed E-state index contributed by atoms with van der Waals surface area (Å²) in [7, 11) is 2.02. The zero-order valence-corrected chi connectivity index (χ0v) is 21.1. The van der Waals surface area contributed by atoms with Crippen molar-refractivity contribution >= 4 is 52.4 Å². The molecule has 0 aliphatic carbocycles. The van der Waals surface area contributed by atoms with Crippen molar-refractivity contribution in [2.24, 2.45) is 0 Å². The fourth-order valence-electron chi connectivity index (χ4n) is 3.40. The largest absolute Gasteiger partial charge is 0.356 e. The number of halogens is 1. The second-order valence-electron chi connectivity index (χ2n) is 8.07. The average molecular weight is 522 g/mol. The molecule has 0 fully saturated rings. The lowest BCUT2D eigenvalue weighted by Gasteiger charge is -2.20. The van der Waals surface area contributed by atoms with Crippen molar-refractivity contribution in [3.8, 4) is 0 Å². The van der Waals surface area contributed by atoms with Gasteiger partial charge in [0.1, 0.15) is 5.82 Å². The maximum Gasteiger partial charge on any atom is 0.314 e. The molecule has 11 nitrogen and oxygen atoms in total. The van der Waals surface area contributed by atoms with Gasteiger partial charge in [-0.3, -0.25) is 19.2 Å². The van der Waals surface area contributed by atoms with E-state index in [1.807, 2.05) is 14.0 Å². The van der Waals surface area contributed by atoms with Gasteiger partial charge in [0.2, 0.25) is 5.91 Å². The third kappa shape index (κ3) is 7.98. The van der Waals surface area contributed by atoms with Crippen LogP contribution >= 0.6 is 22.9 Å². The van der Waals surface area contributed by atoms with Gasteiger partial charge in [-0.25, -0.2) is 9.97 Å². The van der Waals surface area contributed by atoms with E-state index >= 15 is 0 Å². The van der Waals surface area contributed by atoms with Crippen molar-refractivity contribution in [2.45, 2.75) is 38.8 Å². The topological polar surface area (TPSA) is 145 Å². The molecule has 1 aliphatic heterocycles. The van der Waals surface area contributed by atoms with Crippen molar-refractivity contribution in [1.29, 1.82) is 0 Å². The number of rotatable bonds is 9. The van der Waals surface area contributed by atoms with E-state index in [0.717, 1.165) is 30.1 Å². The van der Waals surface area contributed by atoms with Crippen LogP contribution < -0.4 is 21.3 Å². The Morgan fingerprint density at radius 3 is 2.71 bits per heavy atom. The highest BCUT2D eigenvalue weighted by atomic mass is 35.5. The molecule has 4 N–H and O–H groups in total. The molecular weight excluding hydrogens is 494 g/mol. The van der Waals surface area contributed by atoms with Crippen LogP contribution in [0.1, 0.15) is 40.1 Å². The van der Waals surface area contributed by atoms with Gasteiger partial charge in [0, 0.05) is 56.1 Å². The van der Waals surface area contributed by atoms with E-state index in [1.165, 1.54) is 29.7 Å². The number of aromatic nitrogens is 2. The first-order valence-corrected chi connectivity index (χ1v) is 12.4. The lowest BCUT2D eigenvalue weighted by atomic mass is 10.1. The fraction of sp³-hybridized carbons (Fsp3) is 0.455. The molecule has 1 unspecified atom stereocenters. The zero-order chi connectivity index (χ0) is 25.4. The summed E-state index contributed by atoms with van der Waals surface area (Å²) < 4.78 is 0. The number of hydrogen-bond donors (Lipinski definition) is 4. The van der Waals surface area contributed by atoms with Crippen molar-refractivity contribution < 1.29 is 19.2 Å². The Hall–Kier alpha value is -3.09. The second kappa shape index (κ2) is 12.6. The summed E-state index contributed by atoms with van der Waals surface area (Å²) in [5.41, 5.74) is 0.929. The molecule has 0 spiro atoms. The third-order valence-corrected chi connectivity index (χ3v) is 6.53. The maximum atomic E-state index is 12.9. The van der Waals surface area contributed by atoms with E-state index in [9.17, 15) is 19.2 Å².